The molecule has 0 aliphatic carbocycles. The van der Waals surface area contributed by atoms with Crippen molar-refractivity contribution in [3.05, 3.63) is 65.0 Å². The normalized spacial score (nSPS) is 11.1. The Labute approximate surface area is 143 Å². The first-order valence-corrected chi connectivity index (χ1v) is 7.78. The first kappa shape index (κ1) is 15.1. The van der Waals surface area contributed by atoms with Gasteiger partial charge in [0.05, 0.1) is 11.4 Å². The molecule has 0 aromatic carbocycles. The monoisotopic (exact) mass is 332 g/mol. The molecular weight excluding hydrogens is 316 g/mol. The van der Waals surface area contributed by atoms with E-state index in [1.165, 1.54) is 10.6 Å². The lowest BCUT2D eigenvalue weighted by Crippen LogP contribution is -2.15. The summed E-state index contributed by atoms with van der Waals surface area (Å²) in [5.74, 6) is 1.25. The summed E-state index contributed by atoms with van der Waals surface area (Å²) in [6.07, 6.45) is 3.43. The quantitative estimate of drug-likeness (QED) is 0.607. The molecule has 25 heavy (non-hydrogen) atoms. The molecule has 0 saturated heterocycles. The zero-order valence-corrected chi connectivity index (χ0v) is 13.8. The highest BCUT2D eigenvalue weighted by Crippen LogP contribution is 2.24. The summed E-state index contributed by atoms with van der Waals surface area (Å²) in [6.45, 7) is 1.91. The van der Waals surface area contributed by atoms with Gasteiger partial charge in [-0.1, -0.05) is 0 Å². The molecule has 0 spiro atoms. The van der Waals surface area contributed by atoms with Crippen LogP contribution in [0, 0.1) is 6.92 Å². The third kappa shape index (κ3) is 2.55. The van der Waals surface area contributed by atoms with Gasteiger partial charge in [-0.05, 0) is 37.3 Å². The third-order valence-electron chi connectivity index (χ3n) is 4.08. The Balaban J connectivity index is 1.95. The molecule has 0 radical (unpaired) electrons. The summed E-state index contributed by atoms with van der Waals surface area (Å²) in [5, 5.41) is 0. The highest BCUT2D eigenvalue weighted by molar-refractivity contribution is 5.78. The number of nitrogens with two attached hydrogens (primary N) is 1. The number of hydrogen-bond acceptors (Lipinski definition) is 5. The van der Waals surface area contributed by atoms with Crippen LogP contribution in [0.3, 0.4) is 0 Å². The van der Waals surface area contributed by atoms with E-state index < -0.39 is 0 Å². The zero-order valence-electron chi connectivity index (χ0n) is 13.8. The Bertz CT molecular complexity index is 1160. The Morgan fingerprint density at radius 2 is 1.92 bits per heavy atom. The van der Waals surface area contributed by atoms with E-state index in [9.17, 15) is 4.79 Å². The number of aromatic nitrogens is 5. The molecule has 0 aliphatic rings. The molecule has 2 N–H and O–H groups in total. The standard InChI is InChI=1S/C18H16N6O/c1-11-21-15-5-4-14(12-7-8-20-16(19)9-12)22-18(15)24(11)13-3-6-17(25)23(2)10-13/h3-10H,1-2H3,(H2,19,20). The lowest BCUT2D eigenvalue weighted by Gasteiger charge is -2.08. The Hall–Kier alpha value is -3.48. The molecule has 0 fully saturated rings. The van der Waals surface area contributed by atoms with Crippen molar-refractivity contribution >= 4 is 17.0 Å². The molecule has 4 heterocycles. The van der Waals surface area contributed by atoms with E-state index in [0.29, 0.717) is 5.82 Å². The maximum atomic E-state index is 11.7. The number of nitrogens with zero attached hydrogens (tertiary/aromatic N) is 5. The average molecular weight is 332 g/mol. The third-order valence-corrected chi connectivity index (χ3v) is 4.08. The van der Waals surface area contributed by atoms with Gasteiger partial charge >= 0.3 is 0 Å². The first-order valence-electron chi connectivity index (χ1n) is 7.78. The minimum absolute atomic E-state index is 0.0632. The largest absolute Gasteiger partial charge is 0.384 e. The van der Waals surface area contributed by atoms with Crippen LogP contribution in [0.5, 0.6) is 0 Å². The molecule has 7 nitrogen and oxygen atoms in total. The highest BCUT2D eigenvalue weighted by atomic mass is 16.1. The lowest BCUT2D eigenvalue weighted by molar-refractivity contribution is 0.840. The Kier molecular flexibility index (Phi) is 3.35. The Morgan fingerprint density at radius 1 is 1.08 bits per heavy atom. The number of anilines is 1. The molecule has 0 bridgehead atoms. The molecule has 124 valence electrons. The minimum atomic E-state index is -0.0632. The summed E-state index contributed by atoms with van der Waals surface area (Å²) < 4.78 is 3.47. The van der Waals surface area contributed by atoms with Crippen molar-refractivity contribution in [3.8, 4) is 16.9 Å². The van der Waals surface area contributed by atoms with Gasteiger partial charge < -0.3 is 10.3 Å². The molecule has 0 saturated carbocycles. The van der Waals surface area contributed by atoms with E-state index in [0.717, 1.165) is 33.9 Å². The topological polar surface area (TPSA) is 91.6 Å². The molecule has 0 aliphatic heterocycles. The smallest absolute Gasteiger partial charge is 0.250 e. The number of rotatable bonds is 2. The van der Waals surface area contributed by atoms with Crippen LogP contribution >= 0.6 is 0 Å². The fraction of sp³-hybridized carbons (Fsp3) is 0.111. The van der Waals surface area contributed by atoms with Crippen LogP contribution in [0.25, 0.3) is 28.1 Å². The van der Waals surface area contributed by atoms with Crippen molar-refractivity contribution in [2.45, 2.75) is 6.92 Å². The van der Waals surface area contributed by atoms with Crippen molar-refractivity contribution < 1.29 is 0 Å². The molecule has 0 unspecified atom stereocenters. The van der Waals surface area contributed by atoms with E-state index >= 15 is 0 Å². The number of fused-ring (bicyclic) bond motifs is 1. The van der Waals surface area contributed by atoms with Crippen molar-refractivity contribution in [3.63, 3.8) is 0 Å². The second-order valence-corrected chi connectivity index (χ2v) is 5.84. The molecule has 4 rings (SSSR count). The number of nitrogen functional groups attached to an aromatic ring is 1. The maximum Gasteiger partial charge on any atom is 0.250 e. The number of hydrogen-bond donors (Lipinski definition) is 1. The number of aryl methyl sites for hydroxylation is 2. The van der Waals surface area contributed by atoms with Crippen LogP contribution < -0.4 is 11.3 Å². The van der Waals surface area contributed by atoms with Crippen LogP contribution in [-0.2, 0) is 7.05 Å². The van der Waals surface area contributed by atoms with Crippen LogP contribution in [0.1, 0.15) is 5.82 Å². The van der Waals surface area contributed by atoms with E-state index in [1.807, 2.05) is 29.7 Å². The molecule has 7 heteroatoms. The number of pyridine rings is 3. The van der Waals surface area contributed by atoms with Crippen molar-refractivity contribution in [1.82, 2.24) is 24.1 Å². The zero-order chi connectivity index (χ0) is 17.6. The van der Waals surface area contributed by atoms with E-state index in [1.54, 1.807) is 31.6 Å². The number of imidazole rings is 1. The van der Waals surface area contributed by atoms with Crippen molar-refractivity contribution in [1.29, 1.82) is 0 Å². The summed E-state index contributed by atoms with van der Waals surface area (Å²) >= 11 is 0. The van der Waals surface area contributed by atoms with Gasteiger partial charge in [0.15, 0.2) is 5.65 Å². The van der Waals surface area contributed by atoms with Crippen molar-refractivity contribution in [2.75, 3.05) is 5.73 Å². The molecule has 0 atom stereocenters. The summed E-state index contributed by atoms with van der Waals surface area (Å²) in [6, 6.07) is 10.8. The first-order chi connectivity index (χ1) is 12.0. The van der Waals surface area contributed by atoms with Gasteiger partial charge in [0.2, 0.25) is 5.56 Å². The van der Waals surface area contributed by atoms with Gasteiger partial charge in [-0.15, -0.1) is 0 Å². The van der Waals surface area contributed by atoms with Crippen LogP contribution in [0.15, 0.2) is 53.6 Å². The van der Waals surface area contributed by atoms with Gasteiger partial charge in [-0.3, -0.25) is 9.36 Å². The van der Waals surface area contributed by atoms with Crippen LogP contribution in [0.2, 0.25) is 0 Å². The molecule has 0 amide bonds. The summed E-state index contributed by atoms with van der Waals surface area (Å²) in [4.78, 5) is 25.0. The lowest BCUT2D eigenvalue weighted by atomic mass is 10.1. The van der Waals surface area contributed by atoms with E-state index in [4.69, 9.17) is 10.7 Å². The van der Waals surface area contributed by atoms with Gasteiger partial charge in [0.1, 0.15) is 17.2 Å². The molecule has 4 aromatic rings. The minimum Gasteiger partial charge on any atom is -0.384 e. The summed E-state index contributed by atoms with van der Waals surface area (Å²) in [7, 11) is 1.72. The fourth-order valence-electron chi connectivity index (χ4n) is 2.86. The second kappa shape index (κ2) is 5.55. The van der Waals surface area contributed by atoms with Crippen LogP contribution in [0.4, 0.5) is 5.82 Å². The summed E-state index contributed by atoms with van der Waals surface area (Å²) in [5.41, 5.74) is 9.74. The van der Waals surface area contributed by atoms with E-state index in [2.05, 4.69) is 9.97 Å². The van der Waals surface area contributed by atoms with Gasteiger partial charge in [0.25, 0.3) is 0 Å². The van der Waals surface area contributed by atoms with Gasteiger partial charge in [0, 0.05) is 31.1 Å². The van der Waals surface area contributed by atoms with Gasteiger partial charge in [-0.25, -0.2) is 15.0 Å². The molecule has 4 aromatic heterocycles. The predicted octanol–water partition coefficient (Wildman–Crippen LogP) is 2.07. The Morgan fingerprint density at radius 3 is 2.68 bits per heavy atom. The SMILES string of the molecule is Cc1nc2ccc(-c3ccnc(N)c3)nc2n1-c1ccc(=O)n(C)c1. The highest BCUT2D eigenvalue weighted by Gasteiger charge is 2.13. The molecular formula is C18H16N6O. The van der Waals surface area contributed by atoms with Crippen LogP contribution in [-0.4, -0.2) is 24.1 Å². The van der Waals surface area contributed by atoms with Crippen molar-refractivity contribution in [2.24, 2.45) is 7.05 Å². The second-order valence-electron chi connectivity index (χ2n) is 5.84. The average Bonchev–Trinajstić information content (AvgIpc) is 2.92. The fourth-order valence-corrected chi connectivity index (χ4v) is 2.86. The van der Waals surface area contributed by atoms with Gasteiger partial charge in [-0.2, -0.15) is 0 Å². The maximum absolute atomic E-state index is 11.7. The predicted molar refractivity (Wildman–Crippen MR) is 96.5 cm³/mol. The van der Waals surface area contributed by atoms with E-state index in [-0.39, 0.29) is 5.56 Å².